The quantitative estimate of drug-likeness (QED) is 0.718. The Morgan fingerprint density at radius 1 is 0.786 bits per heavy atom. The highest BCUT2D eigenvalue weighted by molar-refractivity contribution is 6.06. The first-order valence-electron chi connectivity index (χ1n) is 7.89. The molecular weight excluding hydrogens is 379 g/mol. The van der Waals surface area contributed by atoms with Crippen LogP contribution in [0.3, 0.4) is 0 Å². The summed E-state index contributed by atoms with van der Waals surface area (Å²) in [7, 11) is 0. The predicted octanol–water partition coefficient (Wildman–Crippen LogP) is 3.75. The molecule has 2 aromatic rings. The van der Waals surface area contributed by atoms with Crippen molar-refractivity contribution in [3.8, 4) is 5.75 Å². The van der Waals surface area contributed by atoms with Crippen LogP contribution in [0, 0.1) is 0 Å². The maximum atomic E-state index is 12.5. The van der Waals surface area contributed by atoms with Crippen molar-refractivity contribution in [2.75, 3.05) is 16.0 Å². The molecule has 0 bridgehead atoms. The van der Waals surface area contributed by atoms with Crippen molar-refractivity contribution in [3.63, 3.8) is 0 Å². The second-order valence-electron chi connectivity index (χ2n) is 5.69. The van der Waals surface area contributed by atoms with Crippen LogP contribution in [0.15, 0.2) is 42.5 Å². The van der Waals surface area contributed by atoms with Crippen LogP contribution in [0.4, 0.5) is 30.2 Å². The molecule has 148 valence electrons. The third-order valence-electron chi connectivity index (χ3n) is 3.18. The fourth-order valence-corrected chi connectivity index (χ4v) is 2.25. The van der Waals surface area contributed by atoms with Crippen LogP contribution < -0.4 is 20.7 Å². The van der Waals surface area contributed by atoms with E-state index in [0.29, 0.717) is 0 Å². The summed E-state index contributed by atoms with van der Waals surface area (Å²) in [5.74, 6) is -1.76. The summed E-state index contributed by atoms with van der Waals surface area (Å²) in [5.41, 5.74) is 0.923. The number of nitrogens with one attached hydrogen (secondary N) is 3. The summed E-state index contributed by atoms with van der Waals surface area (Å²) in [6, 6.07) is 8.85. The van der Waals surface area contributed by atoms with Gasteiger partial charge in [0.2, 0.25) is 11.8 Å². The SMILES string of the molecule is CC(=O)Nc1cc(NC(C)=O)cc(C(=O)Nc2ccc(OC(F)(F)F)cc2)c1. The molecule has 0 fully saturated rings. The van der Waals surface area contributed by atoms with Gasteiger partial charge in [0.25, 0.3) is 5.91 Å². The lowest BCUT2D eigenvalue weighted by Crippen LogP contribution is -2.17. The van der Waals surface area contributed by atoms with Gasteiger partial charge in [-0.05, 0) is 42.5 Å². The summed E-state index contributed by atoms with van der Waals surface area (Å²) in [6.07, 6.45) is -4.81. The lowest BCUT2D eigenvalue weighted by atomic mass is 10.1. The first-order valence-corrected chi connectivity index (χ1v) is 7.89. The Hall–Kier alpha value is -3.56. The Morgan fingerprint density at radius 3 is 1.71 bits per heavy atom. The fourth-order valence-electron chi connectivity index (χ4n) is 2.25. The summed E-state index contributed by atoms with van der Waals surface area (Å²) < 4.78 is 40.3. The van der Waals surface area contributed by atoms with Crippen molar-refractivity contribution in [1.82, 2.24) is 0 Å². The third-order valence-corrected chi connectivity index (χ3v) is 3.18. The van der Waals surface area contributed by atoms with E-state index >= 15 is 0 Å². The van der Waals surface area contributed by atoms with Gasteiger partial charge in [-0.15, -0.1) is 13.2 Å². The van der Waals surface area contributed by atoms with Crippen molar-refractivity contribution >= 4 is 34.8 Å². The molecule has 10 heteroatoms. The zero-order valence-electron chi connectivity index (χ0n) is 14.8. The summed E-state index contributed by atoms with van der Waals surface area (Å²) in [6.45, 7) is 2.57. The number of carbonyl (C=O) groups excluding carboxylic acids is 3. The van der Waals surface area contributed by atoms with Crippen LogP contribution in [0.2, 0.25) is 0 Å². The number of hydrogen-bond donors (Lipinski definition) is 3. The van der Waals surface area contributed by atoms with Crippen LogP contribution in [0.5, 0.6) is 5.75 Å². The first kappa shape index (κ1) is 20.7. The van der Waals surface area contributed by atoms with Gasteiger partial charge in [-0.2, -0.15) is 0 Å². The van der Waals surface area contributed by atoms with E-state index < -0.39 is 18.0 Å². The molecule has 0 saturated heterocycles. The van der Waals surface area contributed by atoms with Crippen molar-refractivity contribution < 1.29 is 32.3 Å². The largest absolute Gasteiger partial charge is 0.573 e. The first-order chi connectivity index (χ1) is 13.0. The van der Waals surface area contributed by atoms with Gasteiger partial charge in [0.05, 0.1) is 0 Å². The number of benzene rings is 2. The van der Waals surface area contributed by atoms with E-state index in [1.165, 1.54) is 44.2 Å². The monoisotopic (exact) mass is 395 g/mol. The Labute approximate surface area is 157 Å². The molecule has 0 heterocycles. The zero-order valence-corrected chi connectivity index (χ0v) is 14.8. The number of alkyl halides is 3. The topological polar surface area (TPSA) is 96.5 Å². The lowest BCUT2D eigenvalue weighted by Gasteiger charge is -2.12. The van der Waals surface area contributed by atoms with Crippen LogP contribution in [0.1, 0.15) is 24.2 Å². The van der Waals surface area contributed by atoms with Crippen molar-refractivity contribution in [1.29, 1.82) is 0 Å². The van der Waals surface area contributed by atoms with Gasteiger partial charge >= 0.3 is 6.36 Å². The van der Waals surface area contributed by atoms with Gasteiger partial charge in [0, 0.05) is 36.5 Å². The fraction of sp³-hybridized carbons (Fsp3) is 0.167. The molecule has 0 aliphatic heterocycles. The Morgan fingerprint density at radius 2 is 1.29 bits per heavy atom. The Balaban J connectivity index is 2.20. The number of ether oxygens (including phenoxy) is 1. The highest BCUT2D eigenvalue weighted by Gasteiger charge is 2.30. The molecule has 2 aromatic carbocycles. The maximum absolute atomic E-state index is 12.5. The van der Waals surface area contributed by atoms with E-state index in [-0.39, 0.29) is 34.4 Å². The molecule has 0 aliphatic carbocycles. The summed E-state index contributed by atoms with van der Waals surface area (Å²) in [4.78, 5) is 35.0. The summed E-state index contributed by atoms with van der Waals surface area (Å²) >= 11 is 0. The van der Waals surface area contributed by atoms with Gasteiger partial charge in [-0.1, -0.05) is 0 Å². The second-order valence-corrected chi connectivity index (χ2v) is 5.69. The number of anilines is 3. The maximum Gasteiger partial charge on any atom is 0.573 e. The Kier molecular flexibility index (Phi) is 6.24. The minimum absolute atomic E-state index is 0.116. The number of rotatable bonds is 5. The molecule has 0 aromatic heterocycles. The average Bonchev–Trinajstić information content (AvgIpc) is 2.53. The third kappa shape index (κ3) is 6.63. The van der Waals surface area contributed by atoms with E-state index in [1.54, 1.807) is 0 Å². The van der Waals surface area contributed by atoms with Crippen LogP contribution in [-0.4, -0.2) is 24.1 Å². The molecule has 0 unspecified atom stereocenters. The molecule has 0 atom stereocenters. The number of amides is 3. The van der Waals surface area contributed by atoms with E-state index in [2.05, 4.69) is 20.7 Å². The standard InChI is InChI=1S/C18H16F3N3O4/c1-10(25)22-14-7-12(8-15(9-14)23-11(2)26)17(27)24-13-3-5-16(6-4-13)28-18(19,20)21/h3-9H,1-2H3,(H,22,25)(H,23,26)(H,24,27). The van der Waals surface area contributed by atoms with Crippen molar-refractivity contribution in [2.24, 2.45) is 0 Å². The molecule has 2 rings (SSSR count). The number of carbonyl (C=O) groups is 3. The highest BCUT2D eigenvalue weighted by atomic mass is 19.4. The van der Waals surface area contributed by atoms with Crippen LogP contribution in [0.25, 0.3) is 0 Å². The molecule has 0 aliphatic rings. The van der Waals surface area contributed by atoms with Gasteiger partial charge < -0.3 is 20.7 Å². The van der Waals surface area contributed by atoms with E-state index in [9.17, 15) is 27.6 Å². The minimum Gasteiger partial charge on any atom is -0.406 e. The normalized spacial score (nSPS) is 10.8. The highest BCUT2D eigenvalue weighted by Crippen LogP contribution is 2.25. The minimum atomic E-state index is -4.81. The average molecular weight is 395 g/mol. The number of halogens is 3. The predicted molar refractivity (Wildman–Crippen MR) is 96.1 cm³/mol. The molecule has 28 heavy (non-hydrogen) atoms. The zero-order chi connectivity index (χ0) is 20.9. The smallest absolute Gasteiger partial charge is 0.406 e. The van der Waals surface area contributed by atoms with Gasteiger partial charge in [-0.3, -0.25) is 14.4 Å². The molecule has 7 nitrogen and oxygen atoms in total. The molecular formula is C18H16F3N3O4. The van der Waals surface area contributed by atoms with Crippen molar-refractivity contribution in [2.45, 2.75) is 20.2 Å². The lowest BCUT2D eigenvalue weighted by molar-refractivity contribution is -0.274. The van der Waals surface area contributed by atoms with Crippen LogP contribution in [-0.2, 0) is 9.59 Å². The number of hydrogen-bond acceptors (Lipinski definition) is 4. The van der Waals surface area contributed by atoms with E-state index in [0.717, 1.165) is 12.1 Å². The molecule has 3 N–H and O–H groups in total. The Bertz CT molecular complexity index is 862. The molecule has 0 radical (unpaired) electrons. The van der Waals surface area contributed by atoms with E-state index in [4.69, 9.17) is 0 Å². The van der Waals surface area contributed by atoms with Crippen molar-refractivity contribution in [3.05, 3.63) is 48.0 Å². The molecule has 3 amide bonds. The van der Waals surface area contributed by atoms with Gasteiger partial charge in [0.15, 0.2) is 0 Å². The van der Waals surface area contributed by atoms with Crippen LogP contribution >= 0.6 is 0 Å². The van der Waals surface area contributed by atoms with E-state index in [1.807, 2.05) is 0 Å². The van der Waals surface area contributed by atoms with Gasteiger partial charge in [-0.25, -0.2) is 0 Å². The molecule has 0 spiro atoms. The van der Waals surface area contributed by atoms with Gasteiger partial charge in [0.1, 0.15) is 5.75 Å². The molecule has 0 saturated carbocycles. The second kappa shape index (κ2) is 8.42. The summed E-state index contributed by atoms with van der Waals surface area (Å²) in [5, 5.41) is 7.54.